The highest BCUT2D eigenvalue weighted by Gasteiger charge is 2.13. The molecule has 0 atom stereocenters. The zero-order chi connectivity index (χ0) is 10.7. The Morgan fingerprint density at radius 1 is 1.40 bits per heavy atom. The predicted molar refractivity (Wildman–Crippen MR) is 68.4 cm³/mol. The van der Waals surface area contributed by atoms with E-state index in [-0.39, 0.29) is 0 Å². The molecule has 1 fully saturated rings. The SMILES string of the molecule is C=C1SCCN1/C=C(\C)c1ccccc1. The highest BCUT2D eigenvalue weighted by molar-refractivity contribution is 8.03. The zero-order valence-corrected chi connectivity index (χ0v) is 9.76. The lowest BCUT2D eigenvalue weighted by molar-refractivity contribution is 0.550. The molecule has 0 unspecified atom stereocenters. The van der Waals surface area contributed by atoms with Crippen LogP contribution in [0.25, 0.3) is 5.57 Å². The van der Waals surface area contributed by atoms with Gasteiger partial charge in [0.15, 0.2) is 0 Å². The first-order chi connectivity index (χ1) is 7.27. The second kappa shape index (κ2) is 4.58. The van der Waals surface area contributed by atoms with Crippen molar-refractivity contribution in [3.05, 3.63) is 53.7 Å². The van der Waals surface area contributed by atoms with Crippen molar-refractivity contribution in [1.29, 1.82) is 0 Å². The Labute approximate surface area is 95.5 Å². The Bertz CT molecular complexity index is 381. The predicted octanol–water partition coefficient (Wildman–Crippen LogP) is 3.57. The lowest BCUT2D eigenvalue weighted by Crippen LogP contribution is -2.09. The second-order valence-electron chi connectivity index (χ2n) is 3.61. The Kier molecular flexibility index (Phi) is 3.17. The minimum atomic E-state index is 1.08. The van der Waals surface area contributed by atoms with Gasteiger partial charge in [-0.25, -0.2) is 0 Å². The second-order valence-corrected chi connectivity index (χ2v) is 4.78. The molecule has 0 aliphatic carbocycles. The summed E-state index contributed by atoms with van der Waals surface area (Å²) in [6, 6.07) is 10.5. The van der Waals surface area contributed by atoms with Gasteiger partial charge in [0.1, 0.15) is 0 Å². The summed E-state index contributed by atoms with van der Waals surface area (Å²) in [6.07, 6.45) is 2.19. The van der Waals surface area contributed by atoms with Gasteiger partial charge in [-0.05, 0) is 18.1 Å². The summed E-state index contributed by atoms with van der Waals surface area (Å²) >= 11 is 1.83. The van der Waals surface area contributed by atoms with Gasteiger partial charge in [0, 0.05) is 18.5 Å². The zero-order valence-electron chi connectivity index (χ0n) is 8.94. The number of allylic oxidation sites excluding steroid dienone is 1. The van der Waals surface area contributed by atoms with Crippen LogP contribution in [0.3, 0.4) is 0 Å². The minimum Gasteiger partial charge on any atom is -0.342 e. The summed E-state index contributed by atoms with van der Waals surface area (Å²) in [7, 11) is 0. The molecule has 1 aromatic carbocycles. The van der Waals surface area contributed by atoms with Crippen LogP contribution in [0.5, 0.6) is 0 Å². The van der Waals surface area contributed by atoms with E-state index in [0.717, 1.165) is 17.3 Å². The van der Waals surface area contributed by atoms with Gasteiger partial charge in [-0.2, -0.15) is 0 Å². The van der Waals surface area contributed by atoms with E-state index in [9.17, 15) is 0 Å². The van der Waals surface area contributed by atoms with Crippen LogP contribution in [0, 0.1) is 0 Å². The van der Waals surface area contributed by atoms with Crippen molar-refractivity contribution in [2.24, 2.45) is 0 Å². The van der Waals surface area contributed by atoms with E-state index in [4.69, 9.17) is 0 Å². The van der Waals surface area contributed by atoms with Crippen LogP contribution < -0.4 is 0 Å². The van der Waals surface area contributed by atoms with Crippen LogP contribution in [0.15, 0.2) is 48.1 Å². The third-order valence-electron chi connectivity index (χ3n) is 2.50. The largest absolute Gasteiger partial charge is 0.342 e. The molecule has 0 saturated carbocycles. The maximum absolute atomic E-state index is 4.03. The first-order valence-corrected chi connectivity index (χ1v) is 6.08. The van der Waals surface area contributed by atoms with Crippen LogP contribution in [0.1, 0.15) is 12.5 Å². The molecule has 1 nitrogen and oxygen atoms in total. The van der Waals surface area contributed by atoms with E-state index in [1.165, 1.54) is 11.1 Å². The van der Waals surface area contributed by atoms with Crippen molar-refractivity contribution in [3.63, 3.8) is 0 Å². The fourth-order valence-corrected chi connectivity index (χ4v) is 2.45. The number of hydrogen-bond acceptors (Lipinski definition) is 2. The topological polar surface area (TPSA) is 3.24 Å². The van der Waals surface area contributed by atoms with Gasteiger partial charge in [0.2, 0.25) is 0 Å². The summed E-state index contributed by atoms with van der Waals surface area (Å²) in [6.45, 7) is 7.25. The smallest absolute Gasteiger partial charge is 0.0675 e. The molecule has 1 aromatic rings. The number of thioether (sulfide) groups is 1. The standard InChI is InChI=1S/C13H15NS/c1-11(13-6-4-3-5-7-13)10-14-8-9-15-12(14)2/h3-7,10H,2,8-9H2,1H3/b11-10+. The molecule has 2 heteroatoms. The molecule has 15 heavy (non-hydrogen) atoms. The fourth-order valence-electron chi connectivity index (χ4n) is 1.62. The van der Waals surface area contributed by atoms with Crippen molar-refractivity contribution in [1.82, 2.24) is 4.90 Å². The molecule has 1 saturated heterocycles. The van der Waals surface area contributed by atoms with Gasteiger partial charge in [-0.15, -0.1) is 11.8 Å². The molecular formula is C13H15NS. The van der Waals surface area contributed by atoms with E-state index < -0.39 is 0 Å². The lowest BCUT2D eigenvalue weighted by atomic mass is 10.1. The van der Waals surface area contributed by atoms with E-state index in [1.54, 1.807) is 0 Å². The highest BCUT2D eigenvalue weighted by Crippen LogP contribution is 2.27. The third-order valence-corrected chi connectivity index (χ3v) is 3.45. The first-order valence-electron chi connectivity index (χ1n) is 5.09. The molecule has 0 N–H and O–H groups in total. The van der Waals surface area contributed by atoms with Gasteiger partial charge in [0.05, 0.1) is 5.03 Å². The van der Waals surface area contributed by atoms with Gasteiger partial charge in [-0.1, -0.05) is 36.9 Å². The molecule has 0 spiro atoms. The normalized spacial score (nSPS) is 17.3. The maximum Gasteiger partial charge on any atom is 0.0675 e. The van der Waals surface area contributed by atoms with Crippen LogP contribution in [-0.2, 0) is 0 Å². The van der Waals surface area contributed by atoms with E-state index in [2.05, 4.69) is 48.9 Å². The molecule has 2 rings (SSSR count). The maximum atomic E-state index is 4.03. The fraction of sp³-hybridized carbons (Fsp3) is 0.231. The minimum absolute atomic E-state index is 1.08. The van der Waals surface area contributed by atoms with Gasteiger partial charge < -0.3 is 4.90 Å². The van der Waals surface area contributed by atoms with Crippen LogP contribution >= 0.6 is 11.8 Å². The molecule has 0 bridgehead atoms. The Balaban J connectivity index is 2.17. The summed E-state index contributed by atoms with van der Waals surface area (Å²) < 4.78 is 0. The summed E-state index contributed by atoms with van der Waals surface area (Å²) in [5.74, 6) is 1.15. The van der Waals surface area contributed by atoms with Crippen molar-refractivity contribution in [2.45, 2.75) is 6.92 Å². The third kappa shape index (κ3) is 2.45. The Hall–Kier alpha value is -1.15. The van der Waals surface area contributed by atoms with Gasteiger partial charge in [0.25, 0.3) is 0 Å². The lowest BCUT2D eigenvalue weighted by Gasteiger charge is -2.14. The number of nitrogens with zero attached hydrogens (tertiary/aromatic N) is 1. The molecular weight excluding hydrogens is 202 g/mol. The van der Waals surface area contributed by atoms with E-state index >= 15 is 0 Å². The van der Waals surface area contributed by atoms with Crippen molar-refractivity contribution in [3.8, 4) is 0 Å². The molecule has 0 radical (unpaired) electrons. The van der Waals surface area contributed by atoms with Gasteiger partial charge in [-0.3, -0.25) is 0 Å². The summed E-state index contributed by atoms with van der Waals surface area (Å²) in [4.78, 5) is 2.23. The van der Waals surface area contributed by atoms with Crippen molar-refractivity contribution < 1.29 is 0 Å². The van der Waals surface area contributed by atoms with Crippen LogP contribution in [-0.4, -0.2) is 17.2 Å². The molecule has 78 valence electrons. The molecule has 0 aromatic heterocycles. The quantitative estimate of drug-likeness (QED) is 0.745. The number of rotatable bonds is 2. The van der Waals surface area contributed by atoms with Crippen molar-refractivity contribution >= 4 is 17.3 Å². The molecule has 0 amide bonds. The van der Waals surface area contributed by atoms with Crippen molar-refractivity contribution in [2.75, 3.05) is 12.3 Å². The van der Waals surface area contributed by atoms with E-state index in [1.807, 2.05) is 17.8 Å². The van der Waals surface area contributed by atoms with Crippen LogP contribution in [0.2, 0.25) is 0 Å². The Morgan fingerprint density at radius 3 is 2.73 bits per heavy atom. The van der Waals surface area contributed by atoms with Crippen LogP contribution in [0.4, 0.5) is 0 Å². The van der Waals surface area contributed by atoms with E-state index in [0.29, 0.717) is 0 Å². The molecule has 1 heterocycles. The molecule has 1 aliphatic rings. The first kappa shape index (κ1) is 10.4. The monoisotopic (exact) mass is 217 g/mol. The van der Waals surface area contributed by atoms with Gasteiger partial charge >= 0.3 is 0 Å². The summed E-state index contributed by atoms with van der Waals surface area (Å²) in [5, 5.41) is 1.16. The number of benzene rings is 1. The number of hydrogen-bond donors (Lipinski definition) is 0. The average molecular weight is 217 g/mol. The Morgan fingerprint density at radius 2 is 2.13 bits per heavy atom. The highest BCUT2D eigenvalue weighted by atomic mass is 32.2. The summed E-state index contributed by atoms with van der Waals surface area (Å²) in [5.41, 5.74) is 2.57. The average Bonchev–Trinajstić information content (AvgIpc) is 2.66. The molecule has 1 aliphatic heterocycles.